The summed E-state index contributed by atoms with van der Waals surface area (Å²) >= 11 is 1.39. The quantitative estimate of drug-likeness (QED) is 0.524. The highest BCUT2D eigenvalue weighted by molar-refractivity contribution is 8.00. The average Bonchev–Trinajstić information content (AvgIpc) is 3.39. The molecule has 0 bridgehead atoms. The molecule has 0 fully saturated rings. The number of anilines is 1. The van der Waals surface area contributed by atoms with Gasteiger partial charge in [-0.25, -0.2) is 0 Å². The molecule has 2 heterocycles. The fourth-order valence-electron chi connectivity index (χ4n) is 3.42. The molecule has 1 aromatic heterocycles. The third-order valence-electron chi connectivity index (χ3n) is 5.33. The van der Waals surface area contributed by atoms with Gasteiger partial charge in [0.05, 0.1) is 5.25 Å². The maximum atomic E-state index is 12.8. The molecule has 8 heteroatoms. The van der Waals surface area contributed by atoms with Gasteiger partial charge >= 0.3 is 0 Å². The molecule has 7 nitrogen and oxygen atoms in total. The summed E-state index contributed by atoms with van der Waals surface area (Å²) in [5.74, 6) is 2.01. The van der Waals surface area contributed by atoms with Crippen molar-refractivity contribution in [3.63, 3.8) is 0 Å². The maximum absolute atomic E-state index is 12.8. The largest absolute Gasteiger partial charge is 0.454 e. The van der Waals surface area contributed by atoms with E-state index in [9.17, 15) is 4.79 Å². The fourth-order valence-corrected chi connectivity index (χ4v) is 4.34. The number of fused-ring (bicyclic) bond motifs is 1. The number of carbonyl (C=O) groups excluding carboxylic acids is 1. The molecule has 1 unspecified atom stereocenters. The molecule has 3 aromatic rings. The Bertz CT molecular complexity index is 1120. The van der Waals surface area contributed by atoms with Crippen molar-refractivity contribution in [1.82, 2.24) is 14.8 Å². The molecule has 168 valence electrons. The first-order valence-electron chi connectivity index (χ1n) is 10.7. The van der Waals surface area contributed by atoms with Gasteiger partial charge in [-0.15, -0.1) is 10.2 Å². The number of rotatable bonds is 6. The number of carbonyl (C=O) groups is 1. The van der Waals surface area contributed by atoms with Crippen molar-refractivity contribution in [2.75, 3.05) is 12.1 Å². The van der Waals surface area contributed by atoms with Crippen LogP contribution in [0.3, 0.4) is 0 Å². The normalized spacial score (nSPS) is 13.8. The molecular formula is C24H28N4O3S. The Balaban J connectivity index is 1.47. The second kappa shape index (κ2) is 8.86. The van der Waals surface area contributed by atoms with Crippen LogP contribution in [0.1, 0.15) is 40.2 Å². The van der Waals surface area contributed by atoms with E-state index >= 15 is 0 Å². The third kappa shape index (κ3) is 4.60. The van der Waals surface area contributed by atoms with E-state index in [1.54, 1.807) is 18.2 Å². The van der Waals surface area contributed by atoms with E-state index in [1.807, 2.05) is 11.5 Å². The molecule has 0 spiro atoms. The van der Waals surface area contributed by atoms with Crippen molar-refractivity contribution >= 4 is 23.4 Å². The Morgan fingerprint density at radius 3 is 2.53 bits per heavy atom. The van der Waals surface area contributed by atoms with Gasteiger partial charge in [-0.05, 0) is 37.0 Å². The van der Waals surface area contributed by atoms with Gasteiger partial charge in [-0.2, -0.15) is 0 Å². The highest BCUT2D eigenvalue weighted by Gasteiger charge is 2.22. The van der Waals surface area contributed by atoms with E-state index in [4.69, 9.17) is 9.47 Å². The van der Waals surface area contributed by atoms with E-state index in [1.165, 1.54) is 17.3 Å². The van der Waals surface area contributed by atoms with Crippen LogP contribution in [0.25, 0.3) is 11.4 Å². The van der Waals surface area contributed by atoms with E-state index in [-0.39, 0.29) is 23.4 Å². The summed E-state index contributed by atoms with van der Waals surface area (Å²) in [6.45, 7) is 11.4. The van der Waals surface area contributed by atoms with E-state index in [0.717, 1.165) is 16.5 Å². The molecule has 4 rings (SSSR count). The van der Waals surface area contributed by atoms with Crippen molar-refractivity contribution < 1.29 is 14.3 Å². The van der Waals surface area contributed by atoms with Crippen LogP contribution in [0.2, 0.25) is 0 Å². The predicted molar refractivity (Wildman–Crippen MR) is 126 cm³/mol. The molecule has 1 aliphatic rings. The number of nitrogens with one attached hydrogen (secondary N) is 1. The van der Waals surface area contributed by atoms with Gasteiger partial charge in [0, 0.05) is 23.9 Å². The summed E-state index contributed by atoms with van der Waals surface area (Å²) in [5.41, 5.74) is 3.05. The minimum atomic E-state index is -0.356. The Labute approximate surface area is 192 Å². The minimum Gasteiger partial charge on any atom is -0.454 e. The highest BCUT2D eigenvalue weighted by atomic mass is 32.2. The Morgan fingerprint density at radius 1 is 1.12 bits per heavy atom. The lowest BCUT2D eigenvalue weighted by molar-refractivity contribution is -0.115. The summed E-state index contributed by atoms with van der Waals surface area (Å²) in [5, 5.41) is 12.1. The molecule has 1 atom stereocenters. The van der Waals surface area contributed by atoms with Crippen LogP contribution in [0, 0.1) is 0 Å². The number of ether oxygens (including phenoxy) is 2. The topological polar surface area (TPSA) is 78.3 Å². The molecule has 0 aliphatic carbocycles. The van der Waals surface area contributed by atoms with Gasteiger partial charge in [0.25, 0.3) is 0 Å². The lowest BCUT2D eigenvalue weighted by Gasteiger charge is -2.19. The average molecular weight is 453 g/mol. The van der Waals surface area contributed by atoms with Gasteiger partial charge in [-0.1, -0.05) is 56.8 Å². The second-order valence-corrected chi connectivity index (χ2v) is 10.0. The van der Waals surface area contributed by atoms with Crippen LogP contribution in [-0.4, -0.2) is 32.7 Å². The molecule has 0 radical (unpaired) electrons. The van der Waals surface area contributed by atoms with Gasteiger partial charge in [0.2, 0.25) is 12.7 Å². The highest BCUT2D eigenvalue weighted by Crippen LogP contribution is 2.35. The molecular weight excluding hydrogens is 424 g/mol. The Hall–Kier alpha value is -3.00. The van der Waals surface area contributed by atoms with Crippen LogP contribution >= 0.6 is 11.8 Å². The number of amides is 1. The van der Waals surface area contributed by atoms with Crippen LogP contribution in [-0.2, 0) is 16.8 Å². The van der Waals surface area contributed by atoms with Gasteiger partial charge in [0.15, 0.2) is 22.5 Å². The monoisotopic (exact) mass is 452 g/mol. The Morgan fingerprint density at radius 2 is 1.84 bits per heavy atom. The predicted octanol–water partition coefficient (Wildman–Crippen LogP) is 5.11. The first-order valence-corrected chi connectivity index (χ1v) is 11.6. The molecule has 1 N–H and O–H groups in total. The molecule has 32 heavy (non-hydrogen) atoms. The smallest absolute Gasteiger partial charge is 0.237 e. The summed E-state index contributed by atoms with van der Waals surface area (Å²) < 4.78 is 12.7. The zero-order valence-corrected chi connectivity index (χ0v) is 19.8. The number of thioether (sulfide) groups is 1. The van der Waals surface area contributed by atoms with Crippen LogP contribution in [0.4, 0.5) is 5.69 Å². The number of hydrogen-bond acceptors (Lipinski definition) is 6. The van der Waals surface area contributed by atoms with E-state index in [0.29, 0.717) is 23.7 Å². The van der Waals surface area contributed by atoms with Crippen LogP contribution < -0.4 is 14.8 Å². The van der Waals surface area contributed by atoms with E-state index < -0.39 is 0 Å². The molecule has 0 saturated carbocycles. The van der Waals surface area contributed by atoms with Gasteiger partial charge in [0.1, 0.15) is 0 Å². The van der Waals surface area contributed by atoms with E-state index in [2.05, 4.69) is 67.5 Å². The summed E-state index contributed by atoms with van der Waals surface area (Å²) in [6.07, 6.45) is 0. The first-order chi connectivity index (χ1) is 15.3. The van der Waals surface area contributed by atoms with Crippen molar-refractivity contribution in [3.8, 4) is 22.9 Å². The SMILES string of the molecule is CCn1c(SC(C)C(=O)Nc2ccc3c(c2)OCO3)nnc1-c1ccc(C(C)(C)C)cc1. The zero-order chi connectivity index (χ0) is 22.9. The van der Waals surface area contributed by atoms with Crippen molar-refractivity contribution in [3.05, 3.63) is 48.0 Å². The maximum Gasteiger partial charge on any atom is 0.237 e. The van der Waals surface area contributed by atoms with Gasteiger partial charge < -0.3 is 19.4 Å². The number of aromatic nitrogens is 3. The molecule has 1 aliphatic heterocycles. The molecule has 0 saturated heterocycles. The zero-order valence-electron chi connectivity index (χ0n) is 19.0. The lowest BCUT2D eigenvalue weighted by Crippen LogP contribution is -2.23. The number of hydrogen-bond donors (Lipinski definition) is 1. The van der Waals surface area contributed by atoms with Crippen LogP contribution in [0.15, 0.2) is 47.6 Å². The Kier molecular flexibility index (Phi) is 6.15. The van der Waals surface area contributed by atoms with Crippen molar-refractivity contribution in [1.29, 1.82) is 0 Å². The number of benzene rings is 2. The van der Waals surface area contributed by atoms with Crippen molar-refractivity contribution in [2.45, 2.75) is 57.0 Å². The third-order valence-corrected chi connectivity index (χ3v) is 6.41. The number of nitrogens with zero attached hydrogens (tertiary/aromatic N) is 3. The second-order valence-electron chi connectivity index (χ2n) is 8.70. The van der Waals surface area contributed by atoms with Crippen LogP contribution in [0.5, 0.6) is 11.5 Å². The summed E-state index contributed by atoms with van der Waals surface area (Å²) in [6, 6.07) is 13.8. The van der Waals surface area contributed by atoms with Crippen molar-refractivity contribution in [2.24, 2.45) is 0 Å². The summed E-state index contributed by atoms with van der Waals surface area (Å²) in [7, 11) is 0. The molecule has 2 aromatic carbocycles. The standard InChI is InChI=1S/C24H28N4O3S/c1-6-28-21(16-7-9-17(10-8-16)24(3,4)5)26-27-23(28)32-15(2)22(29)25-18-11-12-19-20(13-18)31-14-30-19/h7-13,15H,6,14H2,1-5H3,(H,25,29). The van der Waals surface area contributed by atoms with Gasteiger partial charge in [-0.3, -0.25) is 4.79 Å². The molecule has 1 amide bonds. The fraction of sp³-hybridized carbons (Fsp3) is 0.375. The first kappa shape index (κ1) is 22.2. The minimum absolute atomic E-state index is 0.0960. The lowest BCUT2D eigenvalue weighted by atomic mass is 9.87. The summed E-state index contributed by atoms with van der Waals surface area (Å²) in [4.78, 5) is 12.8.